The molecule has 8 heteroatoms. The first-order valence-electron chi connectivity index (χ1n) is 9.18. The third kappa shape index (κ3) is 2.65. The summed E-state index contributed by atoms with van der Waals surface area (Å²) in [4.78, 5) is 32.2. The number of hydrogen-bond donors (Lipinski definition) is 3. The molecule has 0 aliphatic heterocycles. The second-order valence-corrected chi connectivity index (χ2v) is 8.96. The molecule has 0 spiro atoms. The summed E-state index contributed by atoms with van der Waals surface area (Å²) in [5.41, 5.74) is 3.49. The first-order chi connectivity index (χ1) is 14.1. The molecule has 0 fully saturated rings. The summed E-state index contributed by atoms with van der Waals surface area (Å²) < 4.78 is 32.2. The van der Waals surface area contributed by atoms with E-state index in [1.165, 1.54) is 12.1 Å². The van der Waals surface area contributed by atoms with Crippen LogP contribution in [0.4, 0.5) is 0 Å². The molecule has 0 aliphatic rings. The highest BCUT2D eigenvalue weighted by Crippen LogP contribution is 2.24. The van der Waals surface area contributed by atoms with Crippen LogP contribution in [0.2, 0.25) is 0 Å². The number of benzene rings is 3. The van der Waals surface area contributed by atoms with Gasteiger partial charge in [0.1, 0.15) is 0 Å². The van der Waals surface area contributed by atoms with Gasteiger partial charge in [0, 0.05) is 27.1 Å². The Morgan fingerprint density at radius 3 is 2.00 bits per heavy atom. The maximum atomic E-state index is 13.1. The van der Waals surface area contributed by atoms with Crippen molar-refractivity contribution in [2.45, 2.75) is 18.7 Å². The second kappa shape index (κ2) is 6.01. The highest BCUT2D eigenvalue weighted by molar-refractivity contribution is 7.85. The van der Waals surface area contributed by atoms with E-state index in [0.717, 1.165) is 17.2 Å². The van der Waals surface area contributed by atoms with Gasteiger partial charge in [-0.1, -0.05) is 6.07 Å². The van der Waals surface area contributed by atoms with Crippen LogP contribution in [0.3, 0.4) is 0 Å². The quantitative estimate of drug-likeness (QED) is 0.283. The predicted molar refractivity (Wildman–Crippen MR) is 117 cm³/mol. The Morgan fingerprint density at radius 1 is 0.733 bits per heavy atom. The number of aromatic amines is 2. The van der Waals surface area contributed by atoms with E-state index in [1.807, 2.05) is 26.0 Å². The summed E-state index contributed by atoms with van der Waals surface area (Å²) >= 11 is 0. The van der Waals surface area contributed by atoms with Crippen LogP contribution in [0.15, 0.2) is 56.9 Å². The molecule has 7 nitrogen and oxygen atoms in total. The van der Waals surface area contributed by atoms with E-state index in [0.29, 0.717) is 38.2 Å². The smallest absolute Gasteiger partial charge is 0.294 e. The molecule has 0 radical (unpaired) electrons. The third-order valence-electron chi connectivity index (χ3n) is 5.43. The molecule has 2 heterocycles. The molecule has 0 amide bonds. The van der Waals surface area contributed by atoms with Crippen molar-refractivity contribution in [3.8, 4) is 0 Å². The summed E-state index contributed by atoms with van der Waals surface area (Å²) in [6.45, 7) is 3.84. The zero-order valence-electron chi connectivity index (χ0n) is 16.0. The van der Waals surface area contributed by atoms with Crippen LogP contribution in [-0.2, 0) is 10.1 Å². The van der Waals surface area contributed by atoms with Gasteiger partial charge in [0.05, 0.1) is 21.4 Å². The zero-order chi connectivity index (χ0) is 21.4. The average Bonchev–Trinajstić information content (AvgIpc) is 2.68. The van der Waals surface area contributed by atoms with Crippen molar-refractivity contribution in [1.82, 2.24) is 9.97 Å². The Balaban J connectivity index is 1.95. The fourth-order valence-electron chi connectivity index (χ4n) is 4.05. The first kappa shape index (κ1) is 18.5. The number of aromatic nitrogens is 2. The Bertz CT molecular complexity index is 1780. The van der Waals surface area contributed by atoms with Crippen molar-refractivity contribution >= 4 is 53.7 Å². The van der Waals surface area contributed by atoms with E-state index in [1.54, 1.807) is 12.1 Å². The molecule has 0 saturated carbocycles. The van der Waals surface area contributed by atoms with Crippen LogP contribution in [0.1, 0.15) is 11.1 Å². The van der Waals surface area contributed by atoms with Crippen LogP contribution >= 0.6 is 0 Å². The normalized spacial score (nSPS) is 12.4. The molecule has 0 unspecified atom stereocenters. The van der Waals surface area contributed by atoms with Gasteiger partial charge in [-0.15, -0.1) is 0 Å². The van der Waals surface area contributed by atoms with Crippen LogP contribution in [0, 0.1) is 13.8 Å². The monoisotopic (exact) mass is 420 g/mol. The molecule has 2 aromatic heterocycles. The number of pyridine rings is 2. The molecular formula is C22H16N2O5S. The van der Waals surface area contributed by atoms with Gasteiger partial charge in [0.2, 0.25) is 0 Å². The maximum absolute atomic E-state index is 13.1. The summed E-state index contributed by atoms with van der Waals surface area (Å²) in [5.74, 6) is 0. The van der Waals surface area contributed by atoms with Gasteiger partial charge in [-0.25, -0.2) is 0 Å². The van der Waals surface area contributed by atoms with Crippen molar-refractivity contribution in [3.05, 3.63) is 74.0 Å². The van der Waals surface area contributed by atoms with Crippen LogP contribution in [0.25, 0.3) is 43.6 Å². The minimum absolute atomic E-state index is 0.130. The highest BCUT2D eigenvalue weighted by Gasteiger charge is 2.15. The Morgan fingerprint density at radius 2 is 1.33 bits per heavy atom. The molecule has 3 aromatic carbocycles. The van der Waals surface area contributed by atoms with Crippen LogP contribution in [-0.4, -0.2) is 22.9 Å². The lowest BCUT2D eigenvalue weighted by Crippen LogP contribution is -2.09. The molecule has 5 aromatic rings. The van der Waals surface area contributed by atoms with Gasteiger partial charge >= 0.3 is 0 Å². The van der Waals surface area contributed by atoms with Gasteiger partial charge < -0.3 is 9.97 Å². The minimum atomic E-state index is -4.44. The lowest BCUT2D eigenvalue weighted by atomic mass is 10.0. The van der Waals surface area contributed by atoms with E-state index >= 15 is 0 Å². The average molecular weight is 420 g/mol. The number of rotatable bonds is 1. The molecule has 0 aliphatic carbocycles. The lowest BCUT2D eigenvalue weighted by molar-refractivity contribution is 0.483. The largest absolute Gasteiger partial charge is 0.354 e. The van der Waals surface area contributed by atoms with Crippen LogP contribution < -0.4 is 10.9 Å². The van der Waals surface area contributed by atoms with E-state index in [-0.39, 0.29) is 15.7 Å². The zero-order valence-corrected chi connectivity index (χ0v) is 16.8. The van der Waals surface area contributed by atoms with Gasteiger partial charge in [-0.3, -0.25) is 14.1 Å². The lowest BCUT2D eigenvalue weighted by Gasteiger charge is -2.09. The SMILES string of the molecule is Cc1cc(C)c2[nH]c3cc4c(=O)c5cc(S(=O)(=O)O)ccc5[nH]c4cc3c(=O)c2c1. The van der Waals surface area contributed by atoms with E-state index in [4.69, 9.17) is 0 Å². The Hall–Kier alpha value is -3.49. The van der Waals surface area contributed by atoms with Crippen LogP contribution in [0.5, 0.6) is 0 Å². The Labute approximate surface area is 169 Å². The molecular weight excluding hydrogens is 404 g/mol. The van der Waals surface area contributed by atoms with Crippen molar-refractivity contribution in [3.63, 3.8) is 0 Å². The fourth-order valence-corrected chi connectivity index (χ4v) is 4.55. The topological polar surface area (TPSA) is 120 Å². The number of H-pyrrole nitrogens is 2. The molecule has 0 atom stereocenters. The fraction of sp³-hybridized carbons (Fsp3) is 0.0909. The molecule has 0 saturated heterocycles. The van der Waals surface area contributed by atoms with Crippen molar-refractivity contribution in [2.75, 3.05) is 0 Å². The van der Waals surface area contributed by atoms with Gasteiger partial charge in [-0.05, 0) is 61.4 Å². The molecule has 30 heavy (non-hydrogen) atoms. The molecule has 150 valence electrons. The Kier molecular flexibility index (Phi) is 3.71. The highest BCUT2D eigenvalue weighted by atomic mass is 32.2. The van der Waals surface area contributed by atoms with E-state index in [9.17, 15) is 22.6 Å². The number of aryl methyl sites for hydroxylation is 2. The summed E-state index contributed by atoms with van der Waals surface area (Å²) in [5, 5.41) is 1.47. The van der Waals surface area contributed by atoms with Crippen molar-refractivity contribution in [1.29, 1.82) is 0 Å². The van der Waals surface area contributed by atoms with Crippen molar-refractivity contribution < 1.29 is 13.0 Å². The summed E-state index contributed by atoms with van der Waals surface area (Å²) in [6, 6.07) is 10.8. The molecule has 0 bridgehead atoms. The molecule has 5 rings (SSSR count). The predicted octanol–water partition coefficient (Wildman–Crippen LogP) is 3.54. The third-order valence-corrected chi connectivity index (χ3v) is 6.28. The second-order valence-electron chi connectivity index (χ2n) is 7.54. The minimum Gasteiger partial charge on any atom is -0.354 e. The van der Waals surface area contributed by atoms with Gasteiger partial charge in [-0.2, -0.15) is 8.42 Å². The maximum Gasteiger partial charge on any atom is 0.294 e. The number of nitrogens with one attached hydrogen (secondary N) is 2. The number of hydrogen-bond acceptors (Lipinski definition) is 4. The number of fused-ring (bicyclic) bond motifs is 4. The van der Waals surface area contributed by atoms with E-state index < -0.39 is 15.5 Å². The summed E-state index contributed by atoms with van der Waals surface area (Å²) in [7, 11) is -4.44. The van der Waals surface area contributed by atoms with Crippen molar-refractivity contribution in [2.24, 2.45) is 0 Å². The van der Waals surface area contributed by atoms with Gasteiger partial charge in [0.15, 0.2) is 10.9 Å². The van der Waals surface area contributed by atoms with Gasteiger partial charge in [0.25, 0.3) is 10.1 Å². The first-order valence-corrected chi connectivity index (χ1v) is 10.6. The van der Waals surface area contributed by atoms with E-state index in [2.05, 4.69) is 9.97 Å². The standard InChI is InChI=1S/C22H16N2O5S/c1-10-5-11(2)20-16(6-10)22(26)15-8-18-14(9-19(15)24-20)21(25)13-7-12(30(27,28)29)3-4-17(13)23-18/h3-9H,1-2H3,(H,23,25)(H,24,26)(H,27,28,29). The molecule has 3 N–H and O–H groups in total. The summed E-state index contributed by atoms with van der Waals surface area (Å²) in [6.07, 6.45) is 0.